The van der Waals surface area contributed by atoms with Gasteiger partial charge in [-0.1, -0.05) is 110 Å². The van der Waals surface area contributed by atoms with E-state index in [0.29, 0.717) is 64.2 Å². The molecule has 144 heavy (non-hydrogen) atoms. The quantitative estimate of drug-likeness (QED) is 0.0101. The number of benzene rings is 3. The van der Waals surface area contributed by atoms with E-state index in [-0.39, 0.29) is 139 Å². The number of rotatable bonds is 55. The second kappa shape index (κ2) is 55.7. The van der Waals surface area contributed by atoms with Crippen LogP contribution in [0.2, 0.25) is 0 Å². The Balaban J connectivity index is 0.980. The highest BCUT2D eigenvalue weighted by atomic mass is 16.4. The lowest BCUT2D eigenvalue weighted by Crippen LogP contribution is -2.48. The minimum Gasteiger partial charge on any atom is -0.508 e. The summed E-state index contributed by atoms with van der Waals surface area (Å²) in [6.07, 6.45) is 5.56. The summed E-state index contributed by atoms with van der Waals surface area (Å²) in [6, 6.07) is 0.576. The maximum absolute atomic E-state index is 14.9. The van der Waals surface area contributed by atoms with Crippen LogP contribution in [-0.2, 0) is 38.4 Å². The number of nitrogens with two attached hydrogens (primary N) is 3. The Morgan fingerprint density at radius 1 is 0.444 bits per heavy atom. The molecule has 0 bridgehead atoms. The number of H-pyrrole nitrogens is 2. The number of phenols is 1. The van der Waals surface area contributed by atoms with Crippen molar-refractivity contribution in [3.8, 4) is 5.75 Å². The van der Waals surface area contributed by atoms with Crippen LogP contribution >= 0.6 is 0 Å². The number of fused-ring (bicyclic) bond motifs is 2. The molecule has 0 radical (unpaired) electrons. The highest BCUT2D eigenvalue weighted by Crippen LogP contribution is 2.30. The zero-order valence-electron chi connectivity index (χ0n) is 82.5. The second-order valence-corrected chi connectivity index (χ2v) is 37.0. The van der Waals surface area contributed by atoms with Gasteiger partial charge >= 0.3 is 5.97 Å². The molecule has 0 spiro atoms. The van der Waals surface area contributed by atoms with E-state index in [1.165, 1.54) is 33.8 Å². The Bertz CT molecular complexity index is 5610. The lowest BCUT2D eigenvalue weighted by Gasteiger charge is -2.29. The van der Waals surface area contributed by atoms with Crippen LogP contribution in [0.15, 0.2) is 155 Å². The average molecular weight is 2010 g/mol. The number of aliphatic hydroxyl groups excluding tert-OH is 16. The predicted octanol–water partition coefficient (Wildman–Crippen LogP) is 7.54. The number of aliphatic carboxylic acids is 1. The first-order valence-electron chi connectivity index (χ1n) is 48.2. The minimum atomic E-state index is -1.77. The molecule has 0 saturated carbocycles. The molecule has 3 aliphatic heterocycles. The number of amides is 3. The first-order valence-corrected chi connectivity index (χ1v) is 48.2. The number of aromatic amines is 2. The number of nitrogens with one attached hydrogen (secondary N) is 6. The lowest BCUT2D eigenvalue weighted by molar-refractivity contribution is -0.138. The SMILES string of the molecule is CC[C@H](C)[C@H](N=C(O)[C@@H]1CCCN1C(=O)CN=C(O)[C@H](CO)N=C(O)[C@H](Cc1c[nH]c2ccccc12)N=C(O)[C@H](CCCNC(=N)N)N=C(O)[C@@H]1CCCN1C(=O)[C@H](CC(C)C)N=C(O)[C@@H]1CCCN1C(=O)[C@H](C)N=C(O)[C@@H](N)Cc1ccc(O)cc1)C(O)=NCC(O)=N[C@H](C(O)=N[C@@H](CO)C(O)=N[C@@H](Cc1c[nH]c2ccccc12)C(O)=NCC(O)=N[C@@H](CC(C)C)C(O)=N[C@@H](CCCNC(=N)N)C(=O)O)C(C)C. The number of carbonyl (C=O) groups is 4. The number of phenolic OH excluding ortho intramolecular Hbond substituents is 1. The maximum atomic E-state index is 14.9. The summed E-state index contributed by atoms with van der Waals surface area (Å²) >= 11 is 0. The summed E-state index contributed by atoms with van der Waals surface area (Å²) in [5.74, 6) is -15.6. The molecule has 3 aromatic carbocycles. The monoisotopic (exact) mass is 2010 g/mol. The van der Waals surface area contributed by atoms with E-state index in [4.69, 9.17) is 28.0 Å². The Morgan fingerprint density at radius 2 is 0.868 bits per heavy atom. The molecule has 8 rings (SSSR count). The third-order valence-electron chi connectivity index (χ3n) is 24.5. The van der Waals surface area contributed by atoms with Crippen molar-refractivity contribution in [1.82, 2.24) is 35.3 Å². The second-order valence-electron chi connectivity index (χ2n) is 37.0. The van der Waals surface area contributed by atoms with Crippen molar-refractivity contribution in [3.63, 3.8) is 0 Å². The molecule has 48 heteroatoms. The van der Waals surface area contributed by atoms with Crippen LogP contribution in [0.5, 0.6) is 5.75 Å². The smallest absolute Gasteiger partial charge is 0.328 e. The molecule has 5 heterocycles. The molecule has 3 amide bonds. The predicted molar refractivity (Wildman–Crippen MR) is 554 cm³/mol. The van der Waals surface area contributed by atoms with Gasteiger partial charge in [0.2, 0.25) is 94.4 Å². The van der Waals surface area contributed by atoms with Crippen LogP contribution in [-0.4, -0.2) is 391 Å². The van der Waals surface area contributed by atoms with Crippen molar-refractivity contribution in [2.75, 3.05) is 65.6 Å². The topological polar surface area (TPSA) is 797 Å². The van der Waals surface area contributed by atoms with Crippen LogP contribution in [0, 0.1) is 34.5 Å². The van der Waals surface area contributed by atoms with Crippen molar-refractivity contribution < 1.29 is 111 Å². The van der Waals surface area contributed by atoms with Gasteiger partial charge in [-0.3, -0.25) is 25.2 Å². The van der Waals surface area contributed by atoms with E-state index in [1.807, 2.05) is 13.8 Å². The molecule has 3 saturated heterocycles. The fraction of sp³-hybridized carbons (Fsp3) is 0.562. The summed E-state index contributed by atoms with van der Waals surface area (Å²) in [4.78, 5) is 125. The van der Waals surface area contributed by atoms with E-state index in [0.717, 1.165) is 0 Å². The number of aliphatic imine (C=N–C) groups is 14. The number of para-hydroxylation sites is 2. The third-order valence-corrected chi connectivity index (χ3v) is 24.5. The number of likely N-dealkylation sites (tertiary alicyclic amines) is 3. The molecule has 30 N–H and O–H groups in total. The number of carbonyl (C=O) groups excluding carboxylic acids is 3. The Morgan fingerprint density at radius 3 is 1.39 bits per heavy atom. The summed E-state index contributed by atoms with van der Waals surface area (Å²) in [5, 5.41) is 225. The van der Waals surface area contributed by atoms with Crippen LogP contribution in [0.1, 0.15) is 162 Å². The number of carboxylic acid groups (broad SMARTS) is 1. The van der Waals surface area contributed by atoms with Gasteiger partial charge in [-0.2, -0.15) is 0 Å². The Labute approximate surface area is 833 Å². The fourth-order valence-corrected chi connectivity index (χ4v) is 16.7. The van der Waals surface area contributed by atoms with Gasteiger partial charge in [-0.05, 0) is 155 Å². The Kier molecular flexibility index (Phi) is 44.4. The average Bonchev–Trinajstić information content (AvgIpc) is 1.66. The minimum absolute atomic E-state index is 0.0485. The summed E-state index contributed by atoms with van der Waals surface area (Å²) in [6.45, 7) is 11.7. The van der Waals surface area contributed by atoms with Crippen LogP contribution < -0.4 is 27.8 Å². The van der Waals surface area contributed by atoms with E-state index < -0.39 is 242 Å². The highest BCUT2D eigenvalue weighted by molar-refractivity contribution is 5.99. The molecule has 5 aromatic rings. The van der Waals surface area contributed by atoms with Crippen molar-refractivity contribution in [3.05, 3.63) is 102 Å². The number of nitrogens with zero attached hydrogens (tertiary/aromatic N) is 17. The van der Waals surface area contributed by atoms with Gasteiger partial charge in [0.1, 0.15) is 91.8 Å². The molecule has 0 aliphatic carbocycles. The van der Waals surface area contributed by atoms with Crippen LogP contribution in [0.3, 0.4) is 0 Å². The summed E-state index contributed by atoms with van der Waals surface area (Å²) < 4.78 is 0. The van der Waals surface area contributed by atoms with E-state index >= 15 is 0 Å². The van der Waals surface area contributed by atoms with Crippen molar-refractivity contribution in [2.45, 2.75) is 256 Å². The van der Waals surface area contributed by atoms with E-state index in [9.17, 15) is 111 Å². The first kappa shape index (κ1) is 115. The highest BCUT2D eigenvalue weighted by Gasteiger charge is 2.42. The molecule has 16 atom stereocenters. The number of carboxylic acids is 1. The number of aromatic nitrogens is 2. The molecular formula is C96H142N26O22. The normalized spacial score (nSPS) is 19.7. The van der Waals surface area contributed by atoms with Crippen LogP contribution in [0.4, 0.5) is 0 Å². The number of guanidine groups is 2. The molecule has 788 valence electrons. The van der Waals surface area contributed by atoms with Gasteiger partial charge in [-0.25, -0.2) is 74.7 Å². The molecule has 0 unspecified atom stereocenters. The standard InChI is InChI=1S/C96H142N26O22/c1-10-53(8)79(90(139)107-46-76(127)118-78(52(6)7)91(140)117-71(49-124)86(135)113-67(41-56-43-104-62-22-13-11-20-59(56)62)81(130)106-45-75(126)110-66(38-50(2)3)84(133)112-65(94(143)144)25-16-34-103-96(100)101)119-89(138)72-26-17-35-120(72)77(128)47-108-82(131)70(48-123)116-85(134)68(42-57-44-105-63-23-14-12-21-60(57)63)114-83(132)64(24-15-33-102-95(98)99)111-87(136)74-28-19-37-122(74)93(142)69(39-51(4)5)115-88(137)73-27-18-36-121(73)92(141)54(9)109-80(129)61(97)40-55-29-31-58(125)32-30-55/h11-14,20-23,29-32,43-44,50-54,61,64-74,78-79,104-105,123-125H,10,15-19,24-28,33-42,45-49,97H2,1-9H3,(H,106,130)(H,107,139)(H,108,131)(H,109,129)(H,110,126)(H,111,136)(H,112,133)(H,113,135)(H,114,132)(H,115,137)(H,116,134)(H,117,140)(H,118,127)(H,119,138)(H,143,144)(H4,98,99,102)(H4,100,101,103)/t53-,54-,61-,64-,65-,66-,67-,68-,69-,70-,71-,72-,73-,74-,78-,79-/m0/s1. The number of aromatic hydroxyl groups is 1. The zero-order chi connectivity index (χ0) is 106. The lowest BCUT2D eigenvalue weighted by atomic mass is 9.99. The molecular weight excluding hydrogens is 1870 g/mol. The van der Waals surface area contributed by atoms with Gasteiger partial charge in [0.25, 0.3) is 0 Å². The van der Waals surface area contributed by atoms with Gasteiger partial charge in [0, 0.05) is 79.8 Å². The summed E-state index contributed by atoms with van der Waals surface area (Å²) in [5.41, 5.74) is 20.4. The molecule has 48 nitrogen and oxygen atoms in total. The van der Waals surface area contributed by atoms with Crippen molar-refractivity contribution in [1.29, 1.82) is 10.8 Å². The largest absolute Gasteiger partial charge is 0.508 e. The van der Waals surface area contributed by atoms with Crippen LogP contribution in [0.25, 0.3) is 21.8 Å². The number of aliphatic hydroxyl groups is 16. The van der Waals surface area contributed by atoms with Crippen molar-refractivity contribution >= 4 is 140 Å². The number of hydrogen-bond acceptors (Lipinski definition) is 24. The van der Waals surface area contributed by atoms with Crippen molar-refractivity contribution in [2.24, 2.45) is 111 Å². The fourth-order valence-electron chi connectivity index (χ4n) is 16.7. The maximum Gasteiger partial charge on any atom is 0.328 e. The van der Waals surface area contributed by atoms with E-state index in [2.05, 4.69) is 90.5 Å². The Hall–Kier alpha value is -14.6. The first-order chi connectivity index (χ1) is 68.4. The van der Waals surface area contributed by atoms with Gasteiger partial charge in [-0.15, -0.1) is 0 Å². The molecule has 3 aliphatic rings. The van der Waals surface area contributed by atoms with E-state index in [1.54, 1.807) is 115 Å². The van der Waals surface area contributed by atoms with Gasteiger partial charge in [0.15, 0.2) is 35.9 Å². The summed E-state index contributed by atoms with van der Waals surface area (Å²) in [7, 11) is 0. The third kappa shape index (κ3) is 34.1. The number of hydrogen-bond donors (Lipinski definition) is 27. The molecule has 2 aromatic heterocycles. The van der Waals surface area contributed by atoms with Gasteiger partial charge < -0.3 is 144 Å². The zero-order valence-corrected chi connectivity index (χ0v) is 82.5. The van der Waals surface area contributed by atoms with Gasteiger partial charge in [0.05, 0.1) is 19.3 Å². The molecule has 3 fully saturated rings.